The second kappa shape index (κ2) is 7.67. The maximum absolute atomic E-state index is 11.8. The van der Waals surface area contributed by atoms with E-state index in [4.69, 9.17) is 4.74 Å². The van der Waals surface area contributed by atoms with E-state index in [0.29, 0.717) is 25.1 Å². The second-order valence-corrected chi connectivity index (χ2v) is 6.67. The number of carbonyl (C=O) groups is 1. The molecule has 3 rings (SSSR count). The number of benzene rings is 1. The van der Waals surface area contributed by atoms with Gasteiger partial charge in [-0.15, -0.1) is 0 Å². The summed E-state index contributed by atoms with van der Waals surface area (Å²) < 4.78 is 5.79. The van der Waals surface area contributed by atoms with Crippen LogP contribution in [0.15, 0.2) is 42.6 Å². The number of ether oxygens (including phenoxy) is 1. The summed E-state index contributed by atoms with van der Waals surface area (Å²) in [5.41, 5.74) is 1.17. The van der Waals surface area contributed by atoms with Crippen molar-refractivity contribution in [3.05, 3.63) is 59.7 Å². The minimum absolute atomic E-state index is 0.143. The molecule has 1 saturated carbocycles. The number of aliphatic carboxylic acids is 1. The fourth-order valence-corrected chi connectivity index (χ4v) is 3.56. The topological polar surface area (TPSA) is 72.3 Å². The van der Waals surface area contributed by atoms with Crippen LogP contribution in [0.5, 0.6) is 0 Å². The summed E-state index contributed by atoms with van der Waals surface area (Å²) >= 11 is 0. The number of nitrogens with zero attached hydrogens (tertiary/aromatic N) is 2. The van der Waals surface area contributed by atoms with E-state index in [-0.39, 0.29) is 5.92 Å². The largest absolute Gasteiger partial charge is 0.481 e. The molecule has 0 radical (unpaired) electrons. The molecular formula is C21H22N2O3. The summed E-state index contributed by atoms with van der Waals surface area (Å²) in [7, 11) is 1.63. The highest BCUT2D eigenvalue weighted by Crippen LogP contribution is 2.44. The molecule has 1 fully saturated rings. The molecular weight excluding hydrogens is 328 g/mol. The standard InChI is InChI=1S/C21H22N2O3/c1-15-10-13-22-19(23-15)9-12-21(26-2)11-8-17(20(24)25)18(14-21)16-6-4-3-5-7-16/h3-7,10,13,17-18H,8,11,14H2,1-2H3,(H,24,25)/t17-,18+,21?/m1/s1. The van der Waals surface area contributed by atoms with E-state index in [0.717, 1.165) is 11.3 Å². The van der Waals surface area contributed by atoms with Crippen molar-refractivity contribution < 1.29 is 14.6 Å². The molecule has 0 spiro atoms. The third kappa shape index (κ3) is 3.92. The first-order chi connectivity index (χ1) is 12.5. The van der Waals surface area contributed by atoms with Crippen molar-refractivity contribution in [1.82, 2.24) is 9.97 Å². The summed E-state index contributed by atoms with van der Waals surface area (Å²) in [6, 6.07) is 11.6. The molecule has 2 aromatic rings. The van der Waals surface area contributed by atoms with Crippen molar-refractivity contribution >= 4 is 5.97 Å². The van der Waals surface area contributed by atoms with E-state index in [2.05, 4.69) is 21.8 Å². The predicted molar refractivity (Wildman–Crippen MR) is 97.5 cm³/mol. The molecule has 5 nitrogen and oxygen atoms in total. The number of carboxylic acid groups (broad SMARTS) is 1. The Hall–Kier alpha value is -2.71. The molecule has 1 aromatic heterocycles. The summed E-state index contributed by atoms with van der Waals surface area (Å²) in [6.07, 6.45) is 3.30. The maximum Gasteiger partial charge on any atom is 0.307 e. The molecule has 0 saturated heterocycles. The van der Waals surface area contributed by atoms with Crippen LogP contribution in [0.25, 0.3) is 0 Å². The quantitative estimate of drug-likeness (QED) is 0.861. The Kier molecular flexibility index (Phi) is 5.34. The SMILES string of the molecule is COC1(C#Cc2nccc(C)n2)CC[C@@H](C(=O)O)[C@H](c2ccccc2)C1. The van der Waals surface area contributed by atoms with Crippen LogP contribution >= 0.6 is 0 Å². The van der Waals surface area contributed by atoms with E-state index in [1.165, 1.54) is 0 Å². The van der Waals surface area contributed by atoms with Crippen molar-refractivity contribution in [2.24, 2.45) is 5.92 Å². The molecule has 1 heterocycles. The van der Waals surface area contributed by atoms with Gasteiger partial charge in [0.1, 0.15) is 5.60 Å². The van der Waals surface area contributed by atoms with Gasteiger partial charge in [0.2, 0.25) is 5.82 Å². The van der Waals surface area contributed by atoms with Gasteiger partial charge in [-0.3, -0.25) is 4.79 Å². The van der Waals surface area contributed by atoms with Crippen LogP contribution in [0.3, 0.4) is 0 Å². The molecule has 26 heavy (non-hydrogen) atoms. The van der Waals surface area contributed by atoms with Crippen molar-refractivity contribution in [2.45, 2.75) is 37.7 Å². The number of carboxylic acids is 1. The summed E-state index contributed by atoms with van der Waals surface area (Å²) in [4.78, 5) is 20.2. The van der Waals surface area contributed by atoms with Crippen LogP contribution < -0.4 is 0 Å². The molecule has 5 heteroatoms. The third-order valence-corrected chi connectivity index (χ3v) is 5.03. The van der Waals surface area contributed by atoms with E-state index < -0.39 is 17.5 Å². The third-order valence-electron chi connectivity index (χ3n) is 5.03. The van der Waals surface area contributed by atoms with Crippen LogP contribution in [0.4, 0.5) is 0 Å². The lowest BCUT2D eigenvalue weighted by atomic mass is 9.69. The molecule has 1 unspecified atom stereocenters. The maximum atomic E-state index is 11.8. The fourth-order valence-electron chi connectivity index (χ4n) is 3.56. The highest BCUT2D eigenvalue weighted by Gasteiger charge is 2.43. The predicted octanol–water partition coefficient (Wildman–Crippen LogP) is 3.19. The second-order valence-electron chi connectivity index (χ2n) is 6.67. The Labute approximate surface area is 153 Å². The van der Waals surface area contributed by atoms with Gasteiger partial charge in [0.05, 0.1) is 5.92 Å². The molecule has 134 valence electrons. The Morgan fingerprint density at radius 2 is 2.08 bits per heavy atom. The van der Waals surface area contributed by atoms with Gasteiger partial charge in [0.15, 0.2) is 0 Å². The first kappa shape index (κ1) is 18.1. The Balaban J connectivity index is 1.92. The van der Waals surface area contributed by atoms with Gasteiger partial charge < -0.3 is 9.84 Å². The molecule has 1 aromatic carbocycles. The highest BCUT2D eigenvalue weighted by atomic mass is 16.5. The molecule has 0 bridgehead atoms. The van der Waals surface area contributed by atoms with Gasteiger partial charge in [0, 0.05) is 24.9 Å². The highest BCUT2D eigenvalue weighted by molar-refractivity contribution is 5.71. The molecule has 1 aliphatic rings. The Morgan fingerprint density at radius 1 is 1.31 bits per heavy atom. The fraction of sp³-hybridized carbons (Fsp3) is 0.381. The molecule has 1 aliphatic carbocycles. The van der Waals surface area contributed by atoms with Crippen molar-refractivity contribution in [1.29, 1.82) is 0 Å². The summed E-state index contributed by atoms with van der Waals surface area (Å²) in [6.45, 7) is 1.89. The summed E-state index contributed by atoms with van der Waals surface area (Å²) in [5, 5.41) is 9.65. The zero-order valence-electron chi connectivity index (χ0n) is 15.0. The molecule has 0 amide bonds. The number of rotatable bonds is 3. The van der Waals surface area contributed by atoms with Gasteiger partial charge >= 0.3 is 5.97 Å². The summed E-state index contributed by atoms with van der Waals surface area (Å²) in [5.74, 6) is 5.33. The smallest absolute Gasteiger partial charge is 0.307 e. The lowest BCUT2D eigenvalue weighted by molar-refractivity contribution is -0.145. The minimum Gasteiger partial charge on any atom is -0.481 e. The average Bonchev–Trinajstić information content (AvgIpc) is 2.67. The zero-order chi connectivity index (χ0) is 18.6. The molecule has 0 aliphatic heterocycles. The van der Waals surface area contributed by atoms with Crippen LogP contribution in [0.1, 0.15) is 42.3 Å². The van der Waals surface area contributed by atoms with E-state index in [9.17, 15) is 9.90 Å². The van der Waals surface area contributed by atoms with Crippen molar-refractivity contribution in [3.63, 3.8) is 0 Å². The van der Waals surface area contributed by atoms with Gasteiger partial charge in [-0.25, -0.2) is 9.97 Å². The molecule has 1 N–H and O–H groups in total. The number of methoxy groups -OCH3 is 1. The van der Waals surface area contributed by atoms with E-state index in [1.807, 2.05) is 43.3 Å². The van der Waals surface area contributed by atoms with Gasteiger partial charge in [-0.05, 0) is 43.7 Å². The lowest BCUT2D eigenvalue weighted by Gasteiger charge is -2.39. The first-order valence-corrected chi connectivity index (χ1v) is 8.69. The number of aryl methyl sites for hydroxylation is 1. The Bertz CT molecular complexity index is 841. The molecule has 3 atom stereocenters. The number of hydrogen-bond acceptors (Lipinski definition) is 4. The van der Waals surface area contributed by atoms with Crippen molar-refractivity contribution in [2.75, 3.05) is 7.11 Å². The van der Waals surface area contributed by atoms with Crippen LogP contribution in [-0.4, -0.2) is 33.8 Å². The normalized spacial score (nSPS) is 25.2. The average molecular weight is 350 g/mol. The van der Waals surface area contributed by atoms with Gasteiger partial charge in [0.25, 0.3) is 0 Å². The Morgan fingerprint density at radius 3 is 2.73 bits per heavy atom. The first-order valence-electron chi connectivity index (χ1n) is 8.69. The van der Waals surface area contributed by atoms with E-state index in [1.54, 1.807) is 13.3 Å². The zero-order valence-corrected chi connectivity index (χ0v) is 15.0. The van der Waals surface area contributed by atoms with Crippen LogP contribution in [-0.2, 0) is 9.53 Å². The monoisotopic (exact) mass is 350 g/mol. The van der Waals surface area contributed by atoms with E-state index >= 15 is 0 Å². The van der Waals surface area contributed by atoms with Crippen LogP contribution in [0.2, 0.25) is 0 Å². The van der Waals surface area contributed by atoms with Crippen LogP contribution in [0, 0.1) is 24.7 Å². The van der Waals surface area contributed by atoms with Gasteiger partial charge in [-0.2, -0.15) is 0 Å². The number of hydrogen-bond donors (Lipinski definition) is 1. The lowest BCUT2D eigenvalue weighted by Crippen LogP contribution is -2.41. The van der Waals surface area contributed by atoms with Crippen molar-refractivity contribution in [3.8, 4) is 11.8 Å². The number of aromatic nitrogens is 2. The minimum atomic E-state index is -0.765. The van der Waals surface area contributed by atoms with Gasteiger partial charge in [-0.1, -0.05) is 36.3 Å².